The molecule has 0 fully saturated rings. The van der Waals surface area contributed by atoms with E-state index in [1.807, 2.05) is 6.07 Å². The Bertz CT molecular complexity index is 3720. The van der Waals surface area contributed by atoms with E-state index in [0.29, 0.717) is 0 Å². The molecule has 12 aromatic rings. The van der Waals surface area contributed by atoms with Gasteiger partial charge in [-0.15, -0.1) is 0 Å². The molecule has 2 nitrogen and oxygen atoms in total. The topological polar surface area (TPSA) is 18.1 Å². The first-order valence-corrected chi connectivity index (χ1v) is 19.9. The number of hydrogen-bond donors (Lipinski definition) is 0. The zero-order valence-electron chi connectivity index (χ0n) is 31.6. The molecule has 57 heavy (non-hydrogen) atoms. The molecule has 2 aromatic heterocycles. The summed E-state index contributed by atoms with van der Waals surface area (Å²) in [6.45, 7) is 4.88. The Balaban J connectivity index is 1.04. The van der Waals surface area contributed by atoms with Crippen molar-refractivity contribution in [3.8, 4) is 27.9 Å². The van der Waals surface area contributed by atoms with Crippen LogP contribution in [0.5, 0.6) is 0 Å². The summed E-state index contributed by atoms with van der Waals surface area (Å²) in [7, 11) is 0. The van der Waals surface area contributed by atoms with Crippen molar-refractivity contribution in [3.63, 3.8) is 0 Å². The van der Waals surface area contributed by atoms with Crippen molar-refractivity contribution in [2.75, 3.05) is 0 Å². The third-order valence-corrected chi connectivity index (χ3v) is 13.1. The molecule has 0 aliphatic heterocycles. The SMILES string of the molecule is CC1(C)c2cc(-c3ccc4c(c3)c3ccccc3n4-c3cccc4c3oc3ccccc34)ccc2-c2c1c1c3ccccc3c3ccccc3c1c1ccccc21. The van der Waals surface area contributed by atoms with E-state index in [2.05, 4.69) is 188 Å². The molecular formula is C55H35NO. The Morgan fingerprint density at radius 2 is 0.982 bits per heavy atom. The van der Waals surface area contributed by atoms with E-state index < -0.39 is 0 Å². The number of rotatable bonds is 2. The Kier molecular flexibility index (Phi) is 6.00. The van der Waals surface area contributed by atoms with Crippen LogP contribution in [0.1, 0.15) is 25.0 Å². The van der Waals surface area contributed by atoms with Crippen molar-refractivity contribution >= 4 is 86.8 Å². The molecular weight excluding hydrogens is 691 g/mol. The maximum absolute atomic E-state index is 6.56. The Morgan fingerprint density at radius 3 is 1.75 bits per heavy atom. The van der Waals surface area contributed by atoms with Gasteiger partial charge in [-0.05, 0) is 113 Å². The molecule has 0 bridgehead atoms. The van der Waals surface area contributed by atoms with Crippen molar-refractivity contribution in [1.29, 1.82) is 0 Å². The third kappa shape index (κ3) is 3.99. The van der Waals surface area contributed by atoms with Crippen molar-refractivity contribution in [2.45, 2.75) is 19.3 Å². The standard InChI is InChI=1S/C55H35NO/c1-55(2)45-31-33(26-28-43(45)51-41-21-8-7-20-40(41)50-38-18-5-3-14-34(38)35-15-4-6-19-39(35)52(50)53(51)55)32-27-29-47-44(30-32)36-16-9-11-23-46(36)56(47)48-24-13-22-42-37-17-10-12-25-49(37)57-54(42)48/h3-31H,1-2H3. The van der Waals surface area contributed by atoms with Gasteiger partial charge in [-0.2, -0.15) is 0 Å². The van der Waals surface area contributed by atoms with Crippen LogP contribution >= 0.6 is 0 Å². The summed E-state index contributed by atoms with van der Waals surface area (Å²) in [5, 5.41) is 15.4. The zero-order chi connectivity index (χ0) is 37.6. The van der Waals surface area contributed by atoms with Crippen molar-refractivity contribution < 1.29 is 4.42 Å². The predicted molar refractivity (Wildman–Crippen MR) is 241 cm³/mol. The first kappa shape index (κ1) is 31.1. The van der Waals surface area contributed by atoms with Crippen LogP contribution in [0.15, 0.2) is 180 Å². The van der Waals surface area contributed by atoms with Gasteiger partial charge in [-0.1, -0.05) is 153 Å². The van der Waals surface area contributed by atoms with E-state index in [1.165, 1.54) is 98.3 Å². The fraction of sp³-hybridized carbons (Fsp3) is 0.0545. The number of furan rings is 1. The second-order valence-corrected chi connectivity index (χ2v) is 16.4. The molecule has 0 saturated heterocycles. The van der Waals surface area contributed by atoms with Crippen LogP contribution in [-0.2, 0) is 5.41 Å². The molecule has 2 heteroatoms. The van der Waals surface area contributed by atoms with Gasteiger partial charge in [0.1, 0.15) is 5.58 Å². The van der Waals surface area contributed by atoms with E-state index in [-0.39, 0.29) is 5.41 Å². The van der Waals surface area contributed by atoms with Crippen LogP contribution in [0.2, 0.25) is 0 Å². The van der Waals surface area contributed by atoms with E-state index in [0.717, 1.165) is 27.6 Å². The molecule has 2 heterocycles. The lowest BCUT2D eigenvalue weighted by Crippen LogP contribution is -2.16. The fourth-order valence-electron chi connectivity index (χ4n) is 10.7. The van der Waals surface area contributed by atoms with Crippen LogP contribution in [0.25, 0.3) is 115 Å². The second kappa shape index (κ2) is 11.0. The number of hydrogen-bond acceptors (Lipinski definition) is 1. The maximum atomic E-state index is 6.56. The third-order valence-electron chi connectivity index (χ3n) is 13.1. The molecule has 10 aromatic carbocycles. The molecule has 0 atom stereocenters. The Labute approximate surface area is 328 Å². The van der Waals surface area contributed by atoms with Crippen LogP contribution in [0.4, 0.5) is 0 Å². The quantitative estimate of drug-likeness (QED) is 0.162. The minimum atomic E-state index is -0.237. The number of para-hydroxylation sites is 3. The average Bonchev–Trinajstić information content (AvgIpc) is 3.88. The highest BCUT2D eigenvalue weighted by molar-refractivity contribution is 6.35. The number of benzene rings is 10. The minimum absolute atomic E-state index is 0.237. The van der Waals surface area contributed by atoms with E-state index >= 15 is 0 Å². The normalized spacial score (nSPS) is 13.6. The summed E-state index contributed by atoms with van der Waals surface area (Å²) >= 11 is 0. The van der Waals surface area contributed by atoms with Gasteiger partial charge in [-0.3, -0.25) is 0 Å². The van der Waals surface area contributed by atoms with E-state index in [9.17, 15) is 0 Å². The van der Waals surface area contributed by atoms with Crippen molar-refractivity contribution in [2.24, 2.45) is 0 Å². The molecule has 13 rings (SSSR count). The first-order chi connectivity index (χ1) is 28.1. The van der Waals surface area contributed by atoms with E-state index in [1.54, 1.807) is 0 Å². The molecule has 1 aliphatic rings. The minimum Gasteiger partial charge on any atom is -0.454 e. The van der Waals surface area contributed by atoms with Gasteiger partial charge >= 0.3 is 0 Å². The highest BCUT2D eigenvalue weighted by atomic mass is 16.3. The number of fused-ring (bicyclic) bond motifs is 19. The molecule has 0 unspecified atom stereocenters. The van der Waals surface area contributed by atoms with Crippen LogP contribution in [-0.4, -0.2) is 4.57 Å². The summed E-state index contributed by atoms with van der Waals surface area (Å²) in [5.74, 6) is 0. The van der Waals surface area contributed by atoms with E-state index in [4.69, 9.17) is 4.42 Å². The lowest BCUT2D eigenvalue weighted by molar-refractivity contribution is 0.666. The lowest BCUT2D eigenvalue weighted by Gasteiger charge is -2.26. The number of aromatic nitrogens is 1. The monoisotopic (exact) mass is 725 g/mol. The van der Waals surface area contributed by atoms with Gasteiger partial charge in [0, 0.05) is 27.0 Å². The van der Waals surface area contributed by atoms with Gasteiger partial charge in [-0.25, -0.2) is 0 Å². The van der Waals surface area contributed by atoms with Gasteiger partial charge in [0.2, 0.25) is 0 Å². The summed E-state index contributed by atoms with van der Waals surface area (Å²) in [6.07, 6.45) is 0. The summed E-state index contributed by atoms with van der Waals surface area (Å²) in [6, 6.07) is 64.9. The van der Waals surface area contributed by atoms with Crippen molar-refractivity contribution in [1.82, 2.24) is 4.57 Å². The molecule has 0 N–H and O–H groups in total. The van der Waals surface area contributed by atoms with Crippen molar-refractivity contribution in [3.05, 3.63) is 187 Å². The first-order valence-electron chi connectivity index (χ1n) is 19.9. The summed E-state index contributed by atoms with van der Waals surface area (Å²) in [4.78, 5) is 0. The van der Waals surface area contributed by atoms with Gasteiger partial charge in [0.25, 0.3) is 0 Å². The van der Waals surface area contributed by atoms with Crippen LogP contribution in [0.3, 0.4) is 0 Å². The molecule has 0 saturated carbocycles. The van der Waals surface area contributed by atoms with Crippen LogP contribution in [0, 0.1) is 0 Å². The highest BCUT2D eigenvalue weighted by Gasteiger charge is 2.39. The largest absolute Gasteiger partial charge is 0.454 e. The zero-order valence-corrected chi connectivity index (χ0v) is 31.6. The number of nitrogens with zero attached hydrogens (tertiary/aromatic N) is 1. The Hall–Kier alpha value is -7.16. The summed E-state index contributed by atoms with van der Waals surface area (Å²) in [5.41, 5.74) is 12.9. The fourth-order valence-corrected chi connectivity index (χ4v) is 10.7. The average molecular weight is 726 g/mol. The molecule has 0 amide bonds. The lowest BCUT2D eigenvalue weighted by atomic mass is 9.77. The maximum Gasteiger partial charge on any atom is 0.159 e. The predicted octanol–water partition coefficient (Wildman–Crippen LogP) is 15.3. The molecule has 0 spiro atoms. The van der Waals surface area contributed by atoms with Gasteiger partial charge in [0.15, 0.2) is 5.58 Å². The van der Waals surface area contributed by atoms with Crippen LogP contribution < -0.4 is 0 Å². The van der Waals surface area contributed by atoms with Gasteiger partial charge < -0.3 is 8.98 Å². The second-order valence-electron chi connectivity index (χ2n) is 16.4. The molecule has 266 valence electrons. The summed E-state index contributed by atoms with van der Waals surface area (Å²) < 4.78 is 8.95. The Morgan fingerprint density at radius 1 is 0.421 bits per heavy atom. The van der Waals surface area contributed by atoms with Gasteiger partial charge in [0.05, 0.1) is 16.7 Å². The smallest absolute Gasteiger partial charge is 0.159 e. The molecule has 1 aliphatic carbocycles. The molecule has 0 radical (unpaired) electrons. The highest BCUT2D eigenvalue weighted by Crippen LogP contribution is 2.57.